The molecular weight excluding hydrogens is 418 g/mol. The van der Waals surface area contributed by atoms with Gasteiger partial charge in [0.15, 0.2) is 0 Å². The van der Waals surface area contributed by atoms with Gasteiger partial charge in [0.05, 0.1) is 18.2 Å². The molecule has 3 aromatic rings. The lowest BCUT2D eigenvalue weighted by Crippen LogP contribution is -2.32. The largest absolute Gasteiger partial charge is 0.507 e. The van der Waals surface area contributed by atoms with Crippen molar-refractivity contribution >= 4 is 17.4 Å². The van der Waals surface area contributed by atoms with Gasteiger partial charge in [0.1, 0.15) is 17.3 Å². The molecule has 1 aliphatic rings. The van der Waals surface area contributed by atoms with Crippen molar-refractivity contribution in [1.29, 1.82) is 0 Å². The number of para-hydroxylation sites is 1. The van der Waals surface area contributed by atoms with Gasteiger partial charge >= 0.3 is 0 Å². The number of aliphatic hydroxyl groups is 1. The summed E-state index contributed by atoms with van der Waals surface area (Å²) in [6, 6.07) is 22.9. The zero-order chi connectivity index (χ0) is 23.4. The van der Waals surface area contributed by atoms with Crippen LogP contribution < -0.4 is 4.74 Å². The SMILES string of the molecule is COCCN1C(=O)C(=O)C(=C(O)c2ccc(C)cc2)C1c1cccc(Oc2ccccc2)c1. The van der Waals surface area contributed by atoms with E-state index in [1.807, 2.05) is 55.5 Å². The molecule has 1 unspecified atom stereocenters. The van der Waals surface area contributed by atoms with Gasteiger partial charge in [0.25, 0.3) is 11.7 Å². The smallest absolute Gasteiger partial charge is 0.295 e. The maximum Gasteiger partial charge on any atom is 0.295 e. The second kappa shape index (κ2) is 9.71. The fourth-order valence-electron chi connectivity index (χ4n) is 3.89. The number of hydrogen-bond acceptors (Lipinski definition) is 5. The number of carbonyl (C=O) groups excluding carboxylic acids is 2. The third-order valence-electron chi connectivity index (χ3n) is 5.55. The summed E-state index contributed by atoms with van der Waals surface area (Å²) in [4.78, 5) is 27.4. The number of likely N-dealkylation sites (tertiary alicyclic amines) is 1. The van der Waals surface area contributed by atoms with Crippen LogP contribution in [0.1, 0.15) is 22.7 Å². The number of methoxy groups -OCH3 is 1. The molecule has 0 radical (unpaired) electrons. The summed E-state index contributed by atoms with van der Waals surface area (Å²) in [6.07, 6.45) is 0. The molecule has 3 aromatic carbocycles. The van der Waals surface area contributed by atoms with E-state index in [2.05, 4.69) is 0 Å². The Morgan fingerprint density at radius 3 is 2.33 bits per heavy atom. The molecule has 1 saturated heterocycles. The van der Waals surface area contributed by atoms with E-state index in [0.717, 1.165) is 5.56 Å². The second-order valence-electron chi connectivity index (χ2n) is 7.84. The Hall–Kier alpha value is -3.90. The molecule has 1 fully saturated rings. The Morgan fingerprint density at radius 2 is 1.64 bits per heavy atom. The molecule has 1 heterocycles. The number of aliphatic hydroxyl groups excluding tert-OH is 1. The lowest BCUT2D eigenvalue weighted by atomic mass is 9.95. The van der Waals surface area contributed by atoms with Crippen LogP contribution in [0, 0.1) is 6.92 Å². The summed E-state index contributed by atoms with van der Waals surface area (Å²) in [5, 5.41) is 11.1. The maximum atomic E-state index is 13.0. The number of rotatable bonds is 7. The van der Waals surface area contributed by atoms with E-state index in [1.54, 1.807) is 30.3 Å². The predicted octanol–water partition coefficient (Wildman–Crippen LogP) is 4.86. The number of ether oxygens (including phenoxy) is 2. The molecule has 0 spiro atoms. The fourth-order valence-corrected chi connectivity index (χ4v) is 3.89. The van der Waals surface area contributed by atoms with E-state index in [-0.39, 0.29) is 24.5 Å². The quantitative estimate of drug-likeness (QED) is 0.321. The third-order valence-corrected chi connectivity index (χ3v) is 5.55. The van der Waals surface area contributed by atoms with Crippen LogP contribution in [0.3, 0.4) is 0 Å². The average Bonchev–Trinajstić information content (AvgIpc) is 3.08. The first-order valence-corrected chi connectivity index (χ1v) is 10.7. The minimum atomic E-state index is -0.763. The second-order valence-corrected chi connectivity index (χ2v) is 7.84. The van der Waals surface area contributed by atoms with Crippen LogP contribution in [0.2, 0.25) is 0 Å². The Bertz CT molecular complexity index is 1180. The highest BCUT2D eigenvalue weighted by Crippen LogP contribution is 2.40. The molecule has 4 rings (SSSR count). The van der Waals surface area contributed by atoms with Gasteiger partial charge in [-0.2, -0.15) is 0 Å². The number of hydrogen-bond donors (Lipinski definition) is 1. The molecule has 0 saturated carbocycles. The summed E-state index contributed by atoms with van der Waals surface area (Å²) < 4.78 is 11.1. The number of benzene rings is 3. The van der Waals surface area contributed by atoms with E-state index in [4.69, 9.17) is 9.47 Å². The monoisotopic (exact) mass is 443 g/mol. The zero-order valence-corrected chi connectivity index (χ0v) is 18.5. The van der Waals surface area contributed by atoms with Crippen molar-refractivity contribution in [3.05, 3.63) is 101 Å². The van der Waals surface area contributed by atoms with Gasteiger partial charge in [0.2, 0.25) is 0 Å². The minimum Gasteiger partial charge on any atom is -0.507 e. The average molecular weight is 443 g/mol. The Kier molecular flexibility index (Phi) is 6.56. The summed E-state index contributed by atoms with van der Waals surface area (Å²) >= 11 is 0. The Morgan fingerprint density at radius 1 is 0.939 bits per heavy atom. The molecule has 1 N–H and O–H groups in total. The normalized spacial score (nSPS) is 17.4. The van der Waals surface area contributed by atoms with Gasteiger partial charge in [-0.1, -0.05) is 60.2 Å². The van der Waals surface area contributed by atoms with Crippen molar-refractivity contribution in [2.24, 2.45) is 0 Å². The molecule has 6 heteroatoms. The molecule has 6 nitrogen and oxygen atoms in total. The summed E-state index contributed by atoms with van der Waals surface area (Å²) in [6.45, 7) is 2.40. The number of carbonyl (C=O) groups is 2. The van der Waals surface area contributed by atoms with Crippen LogP contribution in [0.5, 0.6) is 11.5 Å². The standard InChI is InChI=1S/C27H25NO5/c1-18-11-13-19(14-12-18)25(29)23-24(28(15-16-32-2)27(31)26(23)30)20-7-6-10-22(17-20)33-21-8-4-3-5-9-21/h3-14,17,24,29H,15-16H2,1-2H3. The minimum absolute atomic E-state index is 0.0526. The van der Waals surface area contributed by atoms with E-state index in [1.165, 1.54) is 12.0 Å². The highest BCUT2D eigenvalue weighted by Gasteiger charge is 2.46. The first kappa shape index (κ1) is 22.3. The molecule has 1 atom stereocenters. The first-order chi connectivity index (χ1) is 16.0. The molecule has 0 aliphatic carbocycles. The number of Topliss-reactive ketones (excluding diaryl/α,β-unsaturated/α-hetero) is 1. The summed E-state index contributed by atoms with van der Waals surface area (Å²) in [7, 11) is 1.53. The fraction of sp³-hybridized carbons (Fsp3) is 0.185. The molecule has 1 amide bonds. The van der Waals surface area contributed by atoms with E-state index in [0.29, 0.717) is 22.6 Å². The van der Waals surface area contributed by atoms with Gasteiger partial charge < -0.3 is 19.5 Å². The number of amides is 1. The third kappa shape index (κ3) is 4.66. The molecule has 1 aliphatic heterocycles. The number of aryl methyl sites for hydroxylation is 1. The van der Waals surface area contributed by atoms with Gasteiger partial charge in [0, 0.05) is 19.2 Å². The van der Waals surface area contributed by atoms with E-state index < -0.39 is 17.7 Å². The Labute approximate surface area is 192 Å². The zero-order valence-electron chi connectivity index (χ0n) is 18.5. The molecule has 0 aromatic heterocycles. The van der Waals surface area contributed by atoms with Crippen molar-refractivity contribution in [2.45, 2.75) is 13.0 Å². The molecule has 0 bridgehead atoms. The van der Waals surface area contributed by atoms with E-state index >= 15 is 0 Å². The lowest BCUT2D eigenvalue weighted by Gasteiger charge is -2.25. The van der Waals surface area contributed by atoms with Crippen LogP contribution >= 0.6 is 0 Å². The lowest BCUT2D eigenvalue weighted by molar-refractivity contribution is -0.140. The van der Waals surface area contributed by atoms with Crippen molar-refractivity contribution in [1.82, 2.24) is 4.90 Å². The van der Waals surface area contributed by atoms with Crippen molar-refractivity contribution in [3.8, 4) is 11.5 Å². The van der Waals surface area contributed by atoms with E-state index in [9.17, 15) is 14.7 Å². The topological polar surface area (TPSA) is 76.1 Å². The maximum absolute atomic E-state index is 13.0. The van der Waals surface area contributed by atoms with Gasteiger partial charge in [-0.3, -0.25) is 9.59 Å². The van der Waals surface area contributed by atoms with Crippen molar-refractivity contribution in [2.75, 3.05) is 20.3 Å². The van der Waals surface area contributed by atoms with Gasteiger partial charge in [-0.05, 0) is 36.8 Å². The van der Waals surface area contributed by atoms with Crippen LogP contribution in [-0.2, 0) is 14.3 Å². The van der Waals surface area contributed by atoms with Gasteiger partial charge in [-0.15, -0.1) is 0 Å². The molecular formula is C27H25NO5. The van der Waals surface area contributed by atoms with Crippen molar-refractivity contribution < 1.29 is 24.2 Å². The highest BCUT2D eigenvalue weighted by atomic mass is 16.5. The van der Waals surface area contributed by atoms with Crippen LogP contribution in [0.15, 0.2) is 84.4 Å². The first-order valence-electron chi connectivity index (χ1n) is 10.7. The van der Waals surface area contributed by atoms with Crippen LogP contribution in [-0.4, -0.2) is 42.0 Å². The van der Waals surface area contributed by atoms with Crippen LogP contribution in [0.4, 0.5) is 0 Å². The van der Waals surface area contributed by atoms with Gasteiger partial charge in [-0.25, -0.2) is 0 Å². The Balaban J connectivity index is 1.79. The highest BCUT2D eigenvalue weighted by molar-refractivity contribution is 6.46. The number of ketones is 1. The predicted molar refractivity (Wildman–Crippen MR) is 125 cm³/mol. The summed E-state index contributed by atoms with van der Waals surface area (Å²) in [5.74, 6) is -0.356. The van der Waals surface area contributed by atoms with Crippen molar-refractivity contribution in [3.63, 3.8) is 0 Å². The number of nitrogens with zero attached hydrogens (tertiary/aromatic N) is 1. The molecule has 33 heavy (non-hydrogen) atoms. The molecule has 168 valence electrons. The summed E-state index contributed by atoms with van der Waals surface area (Å²) in [5.41, 5.74) is 2.21. The van der Waals surface area contributed by atoms with Crippen LogP contribution in [0.25, 0.3) is 5.76 Å².